The SMILES string of the molecule is CN1C(=O)C(=CC=C2Oc3ccc(SOO[O-])cc3N2C)C(=O)N(CC(=O)O)C1=O. The summed E-state index contributed by atoms with van der Waals surface area (Å²) in [7, 11) is 2.81. The topological polar surface area (TPSA) is 149 Å². The number of barbiturate groups is 1. The second kappa shape index (κ2) is 8.54. The number of likely N-dealkylation sites (N-methyl/N-ethyl adjacent to an activating group) is 1. The summed E-state index contributed by atoms with van der Waals surface area (Å²) in [6.07, 6.45) is 2.50. The zero-order valence-electron chi connectivity index (χ0n) is 15.6. The molecule has 3 rings (SSSR count). The minimum atomic E-state index is -1.40. The van der Waals surface area contributed by atoms with Crippen LogP contribution in [0.4, 0.5) is 10.5 Å². The summed E-state index contributed by atoms with van der Waals surface area (Å²) < 4.78 is 9.94. The lowest BCUT2D eigenvalue weighted by Gasteiger charge is -2.30. The van der Waals surface area contributed by atoms with Crippen LogP contribution in [0.25, 0.3) is 0 Å². The van der Waals surface area contributed by atoms with Crippen LogP contribution in [0.2, 0.25) is 0 Å². The number of benzene rings is 1. The quantitative estimate of drug-likeness (QED) is 0.211. The third-order valence-corrected chi connectivity index (χ3v) is 4.78. The minimum Gasteiger partial charge on any atom is -0.691 e. The maximum Gasteiger partial charge on any atom is 0.334 e. The van der Waals surface area contributed by atoms with Crippen LogP contribution < -0.4 is 14.9 Å². The van der Waals surface area contributed by atoms with Crippen LogP contribution in [-0.4, -0.2) is 59.4 Å². The number of rotatable bonds is 6. The number of anilines is 1. The number of carboxylic acid groups (broad SMARTS) is 1. The zero-order valence-corrected chi connectivity index (χ0v) is 16.4. The second-order valence-electron chi connectivity index (χ2n) is 6.03. The van der Waals surface area contributed by atoms with Crippen molar-refractivity contribution in [2.45, 2.75) is 4.90 Å². The molecule has 2 heterocycles. The smallest absolute Gasteiger partial charge is 0.334 e. The van der Waals surface area contributed by atoms with E-state index < -0.39 is 35.9 Å². The van der Waals surface area contributed by atoms with Gasteiger partial charge in [0, 0.05) is 19.0 Å². The maximum atomic E-state index is 12.5. The van der Waals surface area contributed by atoms with Gasteiger partial charge in [-0.25, -0.2) is 9.69 Å². The lowest BCUT2D eigenvalue weighted by atomic mass is 10.1. The first-order valence-corrected chi connectivity index (χ1v) is 8.95. The van der Waals surface area contributed by atoms with E-state index in [1.54, 1.807) is 30.1 Å². The summed E-state index contributed by atoms with van der Waals surface area (Å²) in [6, 6.07) is 3.88. The number of carbonyl (C=O) groups is 4. The van der Waals surface area contributed by atoms with Crippen LogP contribution in [-0.2, 0) is 23.8 Å². The minimum absolute atomic E-state index is 0.255. The van der Waals surface area contributed by atoms with Crippen molar-refractivity contribution in [3.05, 3.63) is 41.8 Å². The molecular weight excluding hydrogens is 422 g/mol. The van der Waals surface area contributed by atoms with E-state index in [4.69, 9.17) is 9.84 Å². The van der Waals surface area contributed by atoms with E-state index in [9.17, 15) is 24.4 Å². The van der Waals surface area contributed by atoms with Crippen LogP contribution in [0.5, 0.6) is 5.75 Å². The Bertz CT molecular complexity index is 991. The van der Waals surface area contributed by atoms with Crippen LogP contribution in [0.1, 0.15) is 0 Å². The number of imide groups is 2. The van der Waals surface area contributed by atoms with Gasteiger partial charge in [-0.3, -0.25) is 24.3 Å². The van der Waals surface area contributed by atoms with E-state index in [0.717, 1.165) is 13.1 Å². The van der Waals surface area contributed by atoms with Crippen molar-refractivity contribution in [3.8, 4) is 5.75 Å². The fourth-order valence-corrected chi connectivity index (χ4v) is 3.13. The summed E-state index contributed by atoms with van der Waals surface area (Å²) in [5, 5.41) is 22.2. The van der Waals surface area contributed by atoms with Crippen LogP contribution in [0.15, 0.2) is 46.7 Å². The predicted octanol–water partition coefficient (Wildman–Crippen LogP) is 0.0188. The van der Waals surface area contributed by atoms with Gasteiger partial charge in [0.1, 0.15) is 12.1 Å². The number of hydrogen-bond donors (Lipinski definition) is 1. The van der Waals surface area contributed by atoms with E-state index >= 15 is 0 Å². The first-order valence-electron chi connectivity index (χ1n) is 8.21. The molecule has 2 aliphatic heterocycles. The summed E-state index contributed by atoms with van der Waals surface area (Å²) >= 11 is 0.703. The van der Waals surface area contributed by atoms with Gasteiger partial charge < -0.3 is 20.0 Å². The van der Waals surface area contributed by atoms with E-state index in [0.29, 0.717) is 38.2 Å². The molecule has 0 unspecified atom stereocenters. The molecule has 158 valence electrons. The molecule has 13 heteroatoms. The zero-order chi connectivity index (χ0) is 22.0. The molecule has 0 aliphatic carbocycles. The number of aliphatic carboxylic acids is 1. The molecule has 0 radical (unpaired) electrons. The van der Waals surface area contributed by atoms with Gasteiger partial charge in [-0.05, 0) is 30.4 Å². The molecule has 12 nitrogen and oxygen atoms in total. The Balaban J connectivity index is 1.87. The van der Waals surface area contributed by atoms with Gasteiger partial charge in [0.15, 0.2) is 11.6 Å². The van der Waals surface area contributed by atoms with Gasteiger partial charge in [-0.15, -0.1) is 0 Å². The molecule has 1 aromatic carbocycles. The highest BCUT2D eigenvalue weighted by Crippen LogP contribution is 2.40. The van der Waals surface area contributed by atoms with Gasteiger partial charge in [0.05, 0.1) is 17.7 Å². The Morgan fingerprint density at radius 1 is 1.20 bits per heavy atom. The van der Waals surface area contributed by atoms with Gasteiger partial charge in [-0.2, -0.15) is 4.33 Å². The fraction of sp³-hybridized carbons (Fsp3) is 0.176. The molecule has 1 N–H and O–H groups in total. The number of hydrogen-bond acceptors (Lipinski definition) is 10. The highest BCUT2D eigenvalue weighted by molar-refractivity contribution is 7.94. The number of urea groups is 1. The van der Waals surface area contributed by atoms with E-state index in [1.165, 1.54) is 6.08 Å². The first kappa shape index (κ1) is 21.3. The van der Waals surface area contributed by atoms with Crippen molar-refractivity contribution in [2.24, 2.45) is 0 Å². The highest BCUT2D eigenvalue weighted by Gasteiger charge is 2.40. The standard InChI is InChI=1S/C17H15N3O9S/c1-18-11-7-9(30-29-28-26)3-5-12(11)27-13(18)6-4-10-15(23)19(2)17(25)20(16(10)24)8-14(21)22/h3-7,26H,8H2,1-2H3,(H,21,22)/p-1. The Hall–Kier alpha value is -3.39. The summed E-state index contributed by atoms with van der Waals surface area (Å²) in [5.74, 6) is -2.56. The Labute approximate surface area is 173 Å². The number of allylic oxidation sites excluding steroid dienone is 2. The third-order valence-electron chi connectivity index (χ3n) is 4.21. The van der Waals surface area contributed by atoms with Gasteiger partial charge >= 0.3 is 12.0 Å². The maximum absolute atomic E-state index is 12.5. The largest absolute Gasteiger partial charge is 0.691 e. The van der Waals surface area contributed by atoms with Gasteiger partial charge in [0.25, 0.3) is 11.8 Å². The molecule has 0 atom stereocenters. The molecule has 0 spiro atoms. The molecule has 1 aromatic rings. The molecule has 4 amide bonds. The van der Waals surface area contributed by atoms with Gasteiger partial charge in [0.2, 0.25) is 0 Å². The summed E-state index contributed by atoms with van der Waals surface area (Å²) in [5.41, 5.74) is 0.219. The fourth-order valence-electron chi connectivity index (χ4n) is 2.74. The van der Waals surface area contributed by atoms with Gasteiger partial charge in [-0.1, -0.05) is 0 Å². The molecule has 2 aliphatic rings. The van der Waals surface area contributed by atoms with E-state index in [-0.39, 0.29) is 5.88 Å². The average Bonchev–Trinajstić information content (AvgIpc) is 3.03. The highest BCUT2D eigenvalue weighted by atomic mass is 32.2. The first-order chi connectivity index (χ1) is 14.2. The van der Waals surface area contributed by atoms with Crippen LogP contribution >= 0.6 is 12.0 Å². The molecule has 0 bridgehead atoms. The molecule has 0 aromatic heterocycles. The Morgan fingerprint density at radius 3 is 2.60 bits per heavy atom. The van der Waals surface area contributed by atoms with Crippen molar-refractivity contribution < 1.29 is 43.7 Å². The van der Waals surface area contributed by atoms with Crippen LogP contribution in [0.3, 0.4) is 0 Å². The molecular formula is C17H14N3O9S-. The van der Waals surface area contributed by atoms with E-state index in [1.807, 2.05) is 0 Å². The van der Waals surface area contributed by atoms with Crippen molar-refractivity contribution in [2.75, 3.05) is 25.5 Å². The number of ether oxygens (including phenoxy) is 1. The second-order valence-corrected chi connectivity index (χ2v) is 6.80. The molecule has 30 heavy (non-hydrogen) atoms. The number of amides is 4. The lowest BCUT2D eigenvalue weighted by Crippen LogP contribution is -2.56. The van der Waals surface area contributed by atoms with Crippen LogP contribution in [0, 0.1) is 0 Å². The van der Waals surface area contributed by atoms with E-state index in [2.05, 4.69) is 9.37 Å². The monoisotopic (exact) mass is 436 g/mol. The summed E-state index contributed by atoms with van der Waals surface area (Å²) in [6.45, 7) is -0.874. The van der Waals surface area contributed by atoms with Crippen molar-refractivity contribution in [3.63, 3.8) is 0 Å². The molecule has 0 saturated carbocycles. The lowest BCUT2D eigenvalue weighted by molar-refractivity contribution is -0.777. The predicted molar refractivity (Wildman–Crippen MR) is 97.2 cm³/mol. The van der Waals surface area contributed by atoms with Crippen molar-refractivity contribution in [1.29, 1.82) is 0 Å². The van der Waals surface area contributed by atoms with Crippen molar-refractivity contribution in [1.82, 2.24) is 9.80 Å². The third kappa shape index (κ3) is 3.99. The van der Waals surface area contributed by atoms with Crippen molar-refractivity contribution >= 4 is 41.5 Å². The normalized spacial score (nSPS) is 19.0. The number of fused-ring (bicyclic) bond motifs is 1. The Morgan fingerprint density at radius 2 is 1.93 bits per heavy atom. The Kier molecular flexibility index (Phi) is 6.07. The molecule has 1 fully saturated rings. The molecule has 1 saturated heterocycles. The summed E-state index contributed by atoms with van der Waals surface area (Å²) in [4.78, 5) is 51.0. The average molecular weight is 436 g/mol. The number of carbonyl (C=O) groups excluding carboxylic acids is 3. The number of nitrogens with zero attached hydrogens (tertiary/aromatic N) is 3. The number of carboxylic acids is 1.